The van der Waals surface area contributed by atoms with Crippen LogP contribution in [0.25, 0.3) is 16.6 Å². The number of hydrogen-bond acceptors (Lipinski definition) is 3. The van der Waals surface area contributed by atoms with Gasteiger partial charge in [-0.15, -0.1) is 0 Å². The minimum absolute atomic E-state index is 0.0847. The van der Waals surface area contributed by atoms with Crippen molar-refractivity contribution in [2.24, 2.45) is 0 Å². The van der Waals surface area contributed by atoms with Crippen LogP contribution in [0.4, 0.5) is 4.39 Å². The molecule has 3 aromatic rings. The maximum absolute atomic E-state index is 13.7. The van der Waals surface area contributed by atoms with Crippen molar-refractivity contribution in [3.63, 3.8) is 0 Å². The molecule has 0 spiro atoms. The molecular weight excluding hydrogens is 366 g/mol. The maximum Gasteiger partial charge on any atom is 0.267 e. The molecule has 8 heteroatoms. The van der Waals surface area contributed by atoms with Gasteiger partial charge in [-0.3, -0.25) is 14.2 Å². The quantitative estimate of drug-likeness (QED) is 0.470. The van der Waals surface area contributed by atoms with Crippen LogP contribution in [0.1, 0.15) is 16.2 Å². The fourth-order valence-electron chi connectivity index (χ4n) is 2.61. The first kappa shape index (κ1) is 14.6. The van der Waals surface area contributed by atoms with Gasteiger partial charge < -0.3 is 0 Å². The molecule has 0 fully saturated rings. The van der Waals surface area contributed by atoms with Gasteiger partial charge in [0.2, 0.25) is 5.78 Å². The van der Waals surface area contributed by atoms with Crippen molar-refractivity contribution >= 4 is 51.5 Å². The Morgan fingerprint density at radius 2 is 1.74 bits per heavy atom. The van der Waals surface area contributed by atoms with Crippen molar-refractivity contribution in [1.29, 1.82) is 0 Å². The Bertz CT molecular complexity index is 1110. The smallest absolute Gasteiger partial charge is 0.267 e. The van der Waals surface area contributed by atoms with Gasteiger partial charge in [0.05, 0.1) is 37.2 Å². The monoisotopic (exact) mass is 368 g/mol. The van der Waals surface area contributed by atoms with Crippen molar-refractivity contribution in [2.75, 3.05) is 0 Å². The van der Waals surface area contributed by atoms with Gasteiger partial charge in [0.25, 0.3) is 5.56 Å². The third-order valence-corrected chi connectivity index (χ3v) is 4.75. The Hall–Kier alpha value is -1.95. The number of ketones is 1. The van der Waals surface area contributed by atoms with Crippen molar-refractivity contribution < 1.29 is 9.18 Å². The van der Waals surface area contributed by atoms with Gasteiger partial charge in [-0.25, -0.2) is 9.37 Å². The SMILES string of the molecule is O=C1c2cc(Cl)c(Cl)cc2-n2c1nc1ccc(F)c(Cl)c1c2=O. The molecule has 1 aromatic heterocycles. The van der Waals surface area contributed by atoms with E-state index in [-0.39, 0.29) is 43.0 Å². The Morgan fingerprint density at radius 3 is 2.48 bits per heavy atom. The van der Waals surface area contributed by atoms with E-state index in [1.807, 2.05) is 0 Å². The number of aromatic nitrogens is 2. The van der Waals surface area contributed by atoms with Gasteiger partial charge in [-0.05, 0) is 24.3 Å². The van der Waals surface area contributed by atoms with E-state index < -0.39 is 17.2 Å². The highest BCUT2D eigenvalue weighted by Crippen LogP contribution is 2.34. The highest BCUT2D eigenvalue weighted by Gasteiger charge is 2.32. The van der Waals surface area contributed by atoms with Gasteiger partial charge in [0.1, 0.15) is 5.82 Å². The number of benzene rings is 2. The normalized spacial score (nSPS) is 12.6. The molecule has 4 rings (SSSR count). The molecule has 2 aromatic carbocycles. The zero-order valence-corrected chi connectivity index (χ0v) is 13.3. The number of hydrogen-bond donors (Lipinski definition) is 0. The van der Waals surface area contributed by atoms with Crippen LogP contribution in [-0.2, 0) is 0 Å². The maximum atomic E-state index is 13.7. The number of carbonyl (C=O) groups is 1. The van der Waals surface area contributed by atoms with E-state index in [0.29, 0.717) is 0 Å². The summed E-state index contributed by atoms with van der Waals surface area (Å²) in [7, 11) is 0. The number of nitrogens with zero attached hydrogens (tertiary/aromatic N) is 2. The van der Waals surface area contributed by atoms with E-state index in [4.69, 9.17) is 34.8 Å². The van der Waals surface area contributed by atoms with E-state index >= 15 is 0 Å². The summed E-state index contributed by atoms with van der Waals surface area (Å²) in [5.41, 5.74) is -0.0407. The lowest BCUT2D eigenvalue weighted by atomic mass is 10.1. The molecular formula is C15H4Cl3FN2O2. The lowest BCUT2D eigenvalue weighted by Gasteiger charge is -2.07. The number of carbonyl (C=O) groups excluding carboxylic acids is 1. The number of halogens is 4. The van der Waals surface area contributed by atoms with E-state index in [9.17, 15) is 14.0 Å². The molecule has 2 heterocycles. The molecule has 0 atom stereocenters. The lowest BCUT2D eigenvalue weighted by Crippen LogP contribution is -2.22. The van der Waals surface area contributed by atoms with Gasteiger partial charge in [-0.1, -0.05) is 34.8 Å². The molecule has 4 nitrogen and oxygen atoms in total. The summed E-state index contributed by atoms with van der Waals surface area (Å²) in [5.74, 6) is -1.28. The molecule has 1 aliphatic heterocycles. The van der Waals surface area contributed by atoms with Crippen molar-refractivity contribution in [2.45, 2.75) is 0 Å². The average Bonchev–Trinajstić information content (AvgIpc) is 2.77. The predicted molar refractivity (Wildman–Crippen MR) is 85.8 cm³/mol. The third kappa shape index (κ3) is 1.87. The van der Waals surface area contributed by atoms with Gasteiger partial charge in [0, 0.05) is 0 Å². The first-order valence-corrected chi connectivity index (χ1v) is 7.48. The van der Waals surface area contributed by atoms with E-state index in [1.54, 1.807) is 0 Å². The summed E-state index contributed by atoms with van der Waals surface area (Å²) < 4.78 is 14.7. The Labute approximate surface area is 143 Å². The van der Waals surface area contributed by atoms with Crippen LogP contribution in [0.5, 0.6) is 0 Å². The molecule has 0 amide bonds. The van der Waals surface area contributed by atoms with Gasteiger partial charge in [-0.2, -0.15) is 0 Å². The molecule has 0 aliphatic carbocycles. The van der Waals surface area contributed by atoms with Crippen molar-refractivity contribution in [3.8, 4) is 5.69 Å². The van der Waals surface area contributed by atoms with Crippen LogP contribution in [-0.4, -0.2) is 15.3 Å². The van der Waals surface area contributed by atoms with Crippen molar-refractivity contribution in [3.05, 3.63) is 66.9 Å². The highest BCUT2D eigenvalue weighted by atomic mass is 35.5. The average molecular weight is 370 g/mol. The zero-order chi connectivity index (χ0) is 16.5. The van der Waals surface area contributed by atoms with E-state index in [0.717, 1.165) is 10.6 Å². The molecule has 0 saturated heterocycles. The van der Waals surface area contributed by atoms with Gasteiger partial charge in [0.15, 0.2) is 5.82 Å². The van der Waals surface area contributed by atoms with Gasteiger partial charge >= 0.3 is 0 Å². The highest BCUT2D eigenvalue weighted by molar-refractivity contribution is 6.42. The fourth-order valence-corrected chi connectivity index (χ4v) is 3.17. The molecule has 114 valence electrons. The summed E-state index contributed by atoms with van der Waals surface area (Å²) in [6.07, 6.45) is 0. The second kappa shape index (κ2) is 4.77. The van der Waals surface area contributed by atoms with Crippen molar-refractivity contribution in [1.82, 2.24) is 9.55 Å². The molecule has 23 heavy (non-hydrogen) atoms. The fraction of sp³-hybridized carbons (Fsp3) is 0. The number of rotatable bonds is 0. The summed E-state index contributed by atoms with van der Waals surface area (Å²) >= 11 is 17.8. The summed E-state index contributed by atoms with van der Waals surface area (Å²) in [5, 5.41) is -0.0601. The van der Waals surface area contributed by atoms with Crippen LogP contribution in [0.3, 0.4) is 0 Å². The Morgan fingerprint density at radius 1 is 1.04 bits per heavy atom. The molecule has 0 radical (unpaired) electrons. The lowest BCUT2D eigenvalue weighted by molar-refractivity contribution is 0.103. The standard InChI is InChI=1S/C15H4Cl3FN2O2/c16-6-3-5-10(4-7(6)17)21-14(13(5)22)20-9-2-1-8(19)12(18)11(9)15(21)23/h1-4H. The minimum atomic E-state index is -0.739. The van der Waals surface area contributed by atoms with Crippen LogP contribution in [0, 0.1) is 5.82 Å². The Balaban J connectivity index is 2.21. The minimum Gasteiger partial charge on any atom is -0.285 e. The molecule has 0 N–H and O–H groups in total. The molecule has 0 unspecified atom stereocenters. The number of fused-ring (bicyclic) bond motifs is 4. The largest absolute Gasteiger partial charge is 0.285 e. The third-order valence-electron chi connectivity index (χ3n) is 3.66. The summed E-state index contributed by atoms with van der Waals surface area (Å²) in [4.78, 5) is 29.4. The zero-order valence-electron chi connectivity index (χ0n) is 11.0. The van der Waals surface area contributed by atoms with Crippen LogP contribution in [0.2, 0.25) is 15.1 Å². The molecule has 1 aliphatic rings. The molecule has 0 saturated carbocycles. The van der Waals surface area contributed by atoms with Crippen LogP contribution < -0.4 is 5.56 Å². The van der Waals surface area contributed by atoms with Crippen LogP contribution in [0.15, 0.2) is 29.1 Å². The topological polar surface area (TPSA) is 52.0 Å². The molecule has 0 bridgehead atoms. The summed E-state index contributed by atoms with van der Waals surface area (Å²) in [6.45, 7) is 0. The summed E-state index contributed by atoms with van der Waals surface area (Å²) in [6, 6.07) is 5.17. The first-order valence-electron chi connectivity index (χ1n) is 6.35. The predicted octanol–water partition coefficient (Wildman–Crippen LogP) is 4.03. The first-order chi connectivity index (χ1) is 10.9. The van der Waals surface area contributed by atoms with E-state index in [2.05, 4.69) is 4.98 Å². The van der Waals surface area contributed by atoms with E-state index in [1.165, 1.54) is 18.2 Å². The van der Waals surface area contributed by atoms with Crippen LogP contribution >= 0.6 is 34.8 Å². The Kier molecular flexibility index (Phi) is 3.04. The second-order valence-electron chi connectivity index (χ2n) is 4.94. The second-order valence-corrected chi connectivity index (χ2v) is 6.14.